The molecule has 6 heteroatoms. The highest BCUT2D eigenvalue weighted by Gasteiger charge is 2.32. The summed E-state index contributed by atoms with van der Waals surface area (Å²) in [7, 11) is -3.70. The van der Waals surface area contributed by atoms with Gasteiger partial charge in [-0.15, -0.1) is 0 Å². The Bertz CT molecular complexity index is 810. The summed E-state index contributed by atoms with van der Waals surface area (Å²) in [4.78, 5) is 12.2. The number of hydrogen-bond acceptors (Lipinski definition) is 4. The second-order valence-electron chi connectivity index (χ2n) is 6.23. The van der Waals surface area contributed by atoms with Gasteiger partial charge in [-0.3, -0.25) is 4.79 Å². The molecule has 2 aromatic rings. The Morgan fingerprint density at radius 2 is 2.00 bits per heavy atom. The Labute approximate surface area is 149 Å². The molecule has 0 fully saturated rings. The lowest BCUT2D eigenvalue weighted by Crippen LogP contribution is -2.31. The quantitative estimate of drug-likeness (QED) is 0.775. The molecule has 1 aromatic carbocycles. The summed E-state index contributed by atoms with van der Waals surface area (Å²) in [5.74, 6) is 0.186. The predicted octanol–water partition coefficient (Wildman–Crippen LogP) is 3.72. The molecular formula is C19H25NO4S. The van der Waals surface area contributed by atoms with E-state index in [1.54, 1.807) is 31.2 Å². The number of sulfone groups is 1. The van der Waals surface area contributed by atoms with Crippen molar-refractivity contribution in [2.24, 2.45) is 0 Å². The molecule has 0 aliphatic carbocycles. The van der Waals surface area contributed by atoms with Crippen molar-refractivity contribution in [2.45, 2.75) is 50.2 Å². The molecule has 0 bridgehead atoms. The highest BCUT2D eigenvalue weighted by atomic mass is 32.2. The SMILES string of the molecule is CCCCC(=O)NC[C@H](c1ccco1)S(=O)(=O)c1cc(C)ccc1C. The van der Waals surface area contributed by atoms with Crippen molar-refractivity contribution in [3.63, 3.8) is 0 Å². The molecule has 1 atom stereocenters. The van der Waals surface area contributed by atoms with Gasteiger partial charge in [-0.2, -0.15) is 0 Å². The van der Waals surface area contributed by atoms with Gasteiger partial charge in [0.25, 0.3) is 0 Å². The zero-order chi connectivity index (χ0) is 18.4. The van der Waals surface area contributed by atoms with Crippen molar-refractivity contribution in [1.29, 1.82) is 0 Å². The van der Waals surface area contributed by atoms with E-state index in [1.807, 2.05) is 19.9 Å². The van der Waals surface area contributed by atoms with E-state index < -0.39 is 15.1 Å². The third kappa shape index (κ3) is 4.72. The molecular weight excluding hydrogens is 338 g/mol. The maximum atomic E-state index is 13.2. The maximum Gasteiger partial charge on any atom is 0.220 e. The average molecular weight is 363 g/mol. The van der Waals surface area contributed by atoms with Crippen LogP contribution < -0.4 is 5.32 Å². The van der Waals surface area contributed by atoms with Crippen LogP contribution in [0.3, 0.4) is 0 Å². The number of aryl methyl sites for hydroxylation is 2. The Balaban J connectivity index is 2.32. The van der Waals surface area contributed by atoms with Gasteiger partial charge in [-0.05, 0) is 49.6 Å². The van der Waals surface area contributed by atoms with Gasteiger partial charge < -0.3 is 9.73 Å². The summed E-state index contributed by atoms with van der Waals surface area (Å²) in [5.41, 5.74) is 1.55. The summed E-state index contributed by atoms with van der Waals surface area (Å²) in [6.45, 7) is 5.62. The van der Waals surface area contributed by atoms with E-state index in [1.165, 1.54) is 6.26 Å². The highest BCUT2D eigenvalue weighted by molar-refractivity contribution is 7.91. The number of hydrogen-bond donors (Lipinski definition) is 1. The average Bonchev–Trinajstić information content (AvgIpc) is 3.09. The number of unbranched alkanes of at least 4 members (excludes halogenated alkanes) is 1. The lowest BCUT2D eigenvalue weighted by atomic mass is 10.2. The number of carbonyl (C=O) groups is 1. The van der Waals surface area contributed by atoms with Crippen molar-refractivity contribution in [3.8, 4) is 0 Å². The van der Waals surface area contributed by atoms with E-state index in [-0.39, 0.29) is 17.3 Å². The lowest BCUT2D eigenvalue weighted by Gasteiger charge is -2.18. The summed E-state index contributed by atoms with van der Waals surface area (Å²) in [6.07, 6.45) is 3.53. The molecule has 1 aromatic heterocycles. The van der Waals surface area contributed by atoms with Gasteiger partial charge in [0.1, 0.15) is 11.0 Å². The first-order valence-corrected chi connectivity index (χ1v) is 10.0. The number of amides is 1. The first-order valence-electron chi connectivity index (χ1n) is 8.47. The van der Waals surface area contributed by atoms with Crippen LogP contribution >= 0.6 is 0 Å². The van der Waals surface area contributed by atoms with Crippen LogP contribution in [0.1, 0.15) is 48.3 Å². The van der Waals surface area contributed by atoms with Crippen molar-refractivity contribution in [3.05, 3.63) is 53.5 Å². The van der Waals surface area contributed by atoms with Crippen LogP contribution in [0.5, 0.6) is 0 Å². The zero-order valence-corrected chi connectivity index (χ0v) is 15.7. The number of benzene rings is 1. The fourth-order valence-corrected chi connectivity index (χ4v) is 4.55. The minimum atomic E-state index is -3.70. The molecule has 136 valence electrons. The fourth-order valence-electron chi connectivity index (χ4n) is 2.64. The molecule has 0 saturated heterocycles. The van der Waals surface area contributed by atoms with E-state index in [4.69, 9.17) is 4.42 Å². The Morgan fingerprint density at radius 3 is 2.64 bits per heavy atom. The van der Waals surface area contributed by atoms with Gasteiger partial charge in [0, 0.05) is 13.0 Å². The first kappa shape index (κ1) is 19.2. The zero-order valence-electron chi connectivity index (χ0n) is 14.9. The third-order valence-electron chi connectivity index (χ3n) is 4.13. The van der Waals surface area contributed by atoms with Crippen LogP contribution in [0, 0.1) is 13.8 Å². The lowest BCUT2D eigenvalue weighted by molar-refractivity contribution is -0.121. The number of rotatable bonds is 8. The van der Waals surface area contributed by atoms with Crippen LogP contribution in [0.4, 0.5) is 0 Å². The molecule has 0 unspecified atom stereocenters. The molecule has 1 N–H and O–H groups in total. The maximum absolute atomic E-state index is 13.2. The van der Waals surface area contributed by atoms with E-state index in [9.17, 15) is 13.2 Å². The van der Waals surface area contributed by atoms with Crippen molar-refractivity contribution in [1.82, 2.24) is 5.32 Å². The molecule has 25 heavy (non-hydrogen) atoms. The van der Waals surface area contributed by atoms with Gasteiger partial charge in [-0.1, -0.05) is 25.5 Å². The monoisotopic (exact) mass is 363 g/mol. The van der Waals surface area contributed by atoms with Gasteiger partial charge in [0.05, 0.1) is 11.2 Å². The summed E-state index contributed by atoms with van der Waals surface area (Å²) in [5, 5.41) is 1.79. The normalized spacial score (nSPS) is 12.8. The van der Waals surface area contributed by atoms with Crippen LogP contribution in [0.15, 0.2) is 45.9 Å². The molecule has 1 amide bonds. The second kappa shape index (κ2) is 8.34. The molecule has 1 heterocycles. The van der Waals surface area contributed by atoms with Crippen molar-refractivity contribution >= 4 is 15.7 Å². The Hall–Kier alpha value is -2.08. The van der Waals surface area contributed by atoms with Gasteiger partial charge in [0.2, 0.25) is 5.91 Å². The molecule has 5 nitrogen and oxygen atoms in total. The van der Waals surface area contributed by atoms with E-state index in [0.717, 1.165) is 18.4 Å². The van der Waals surface area contributed by atoms with Crippen LogP contribution in [-0.4, -0.2) is 20.9 Å². The summed E-state index contributed by atoms with van der Waals surface area (Å²) < 4.78 is 31.8. The Kier molecular flexibility index (Phi) is 6.42. The van der Waals surface area contributed by atoms with E-state index in [2.05, 4.69) is 5.32 Å². The number of furan rings is 1. The predicted molar refractivity (Wildman–Crippen MR) is 97.1 cm³/mol. The molecule has 0 aliphatic heterocycles. The van der Waals surface area contributed by atoms with E-state index >= 15 is 0 Å². The first-order chi connectivity index (χ1) is 11.9. The van der Waals surface area contributed by atoms with E-state index in [0.29, 0.717) is 17.7 Å². The van der Waals surface area contributed by atoms with Crippen LogP contribution in [-0.2, 0) is 14.6 Å². The molecule has 0 spiro atoms. The summed E-state index contributed by atoms with van der Waals surface area (Å²) in [6, 6.07) is 8.62. The van der Waals surface area contributed by atoms with Gasteiger partial charge in [0.15, 0.2) is 9.84 Å². The van der Waals surface area contributed by atoms with Crippen molar-refractivity contribution < 1.29 is 17.6 Å². The summed E-state index contributed by atoms with van der Waals surface area (Å²) >= 11 is 0. The molecule has 2 rings (SSSR count). The minimum absolute atomic E-state index is 0.00816. The smallest absolute Gasteiger partial charge is 0.220 e. The fraction of sp³-hybridized carbons (Fsp3) is 0.421. The molecule has 0 aliphatic rings. The third-order valence-corrected chi connectivity index (χ3v) is 6.33. The van der Waals surface area contributed by atoms with Crippen molar-refractivity contribution in [2.75, 3.05) is 6.54 Å². The molecule has 0 saturated carbocycles. The minimum Gasteiger partial charge on any atom is -0.468 e. The topological polar surface area (TPSA) is 76.4 Å². The number of nitrogens with one attached hydrogen (secondary N) is 1. The number of carbonyl (C=O) groups excluding carboxylic acids is 1. The highest BCUT2D eigenvalue weighted by Crippen LogP contribution is 2.31. The second-order valence-corrected chi connectivity index (χ2v) is 8.32. The van der Waals surface area contributed by atoms with Gasteiger partial charge >= 0.3 is 0 Å². The van der Waals surface area contributed by atoms with Crippen LogP contribution in [0.2, 0.25) is 0 Å². The van der Waals surface area contributed by atoms with Gasteiger partial charge in [-0.25, -0.2) is 8.42 Å². The molecule has 0 radical (unpaired) electrons. The largest absolute Gasteiger partial charge is 0.468 e. The Morgan fingerprint density at radius 1 is 1.24 bits per heavy atom. The standard InChI is InChI=1S/C19H25NO4S/c1-4-5-8-19(21)20-13-18(16-7-6-11-24-16)25(22,23)17-12-14(2)9-10-15(17)3/h6-7,9-12,18H,4-5,8,13H2,1-3H3,(H,20,21)/t18-/m1/s1. The van der Waals surface area contributed by atoms with Crippen LogP contribution in [0.25, 0.3) is 0 Å².